The minimum atomic E-state index is 0.304. The zero-order valence-corrected chi connectivity index (χ0v) is 12.6. The van der Waals surface area contributed by atoms with E-state index in [1.807, 2.05) is 11.8 Å². The summed E-state index contributed by atoms with van der Waals surface area (Å²) >= 11 is 1.90. The topological polar surface area (TPSA) is 107 Å². The van der Waals surface area contributed by atoms with Crippen LogP contribution in [0.5, 0.6) is 0 Å². The van der Waals surface area contributed by atoms with Gasteiger partial charge in [0.1, 0.15) is 6.33 Å². The Kier molecular flexibility index (Phi) is 3.93. The average Bonchev–Trinajstić information content (AvgIpc) is 3.00. The van der Waals surface area contributed by atoms with Gasteiger partial charge in [-0.3, -0.25) is 9.99 Å². The molecule has 0 spiro atoms. The molecule has 2 aromatic heterocycles. The fourth-order valence-electron chi connectivity index (χ4n) is 2.27. The maximum Gasteiger partial charge on any atom is 0.243 e. The zero-order chi connectivity index (χ0) is 14.7. The third kappa shape index (κ3) is 2.93. The Labute approximate surface area is 127 Å². The first-order chi connectivity index (χ1) is 10.2. The summed E-state index contributed by atoms with van der Waals surface area (Å²) in [5, 5.41) is 3.30. The van der Waals surface area contributed by atoms with Gasteiger partial charge in [0.05, 0.1) is 0 Å². The quantitative estimate of drug-likeness (QED) is 0.537. The molecule has 1 aliphatic rings. The largest absolute Gasteiger partial charge is 0.353 e. The van der Waals surface area contributed by atoms with Gasteiger partial charge in [-0.1, -0.05) is 6.42 Å². The molecule has 2 heterocycles. The second-order valence-electron chi connectivity index (χ2n) is 4.99. The van der Waals surface area contributed by atoms with Gasteiger partial charge < -0.3 is 5.32 Å². The van der Waals surface area contributed by atoms with Crippen LogP contribution < -0.4 is 16.6 Å². The Morgan fingerprint density at radius 1 is 1.33 bits per heavy atom. The SMILES string of the molecule is CSC1(CNc2nc(NN)nc(-n3ccnc3)n2)CCC1. The summed E-state index contributed by atoms with van der Waals surface area (Å²) in [4.78, 5) is 16.9. The maximum absolute atomic E-state index is 5.43. The Morgan fingerprint density at radius 3 is 2.71 bits per heavy atom. The van der Waals surface area contributed by atoms with Gasteiger partial charge in [-0.2, -0.15) is 26.7 Å². The van der Waals surface area contributed by atoms with Crippen molar-refractivity contribution >= 4 is 23.7 Å². The molecule has 9 heteroatoms. The molecule has 0 atom stereocenters. The van der Waals surface area contributed by atoms with Crippen molar-refractivity contribution in [2.75, 3.05) is 23.5 Å². The Balaban J connectivity index is 1.79. The van der Waals surface area contributed by atoms with Gasteiger partial charge >= 0.3 is 0 Å². The van der Waals surface area contributed by atoms with E-state index in [1.165, 1.54) is 19.3 Å². The molecule has 0 radical (unpaired) electrons. The summed E-state index contributed by atoms with van der Waals surface area (Å²) in [5.74, 6) is 6.74. The van der Waals surface area contributed by atoms with Crippen molar-refractivity contribution in [1.82, 2.24) is 24.5 Å². The van der Waals surface area contributed by atoms with Gasteiger partial charge in [-0.25, -0.2) is 10.8 Å². The summed E-state index contributed by atoms with van der Waals surface area (Å²) in [7, 11) is 0. The molecule has 2 aromatic rings. The van der Waals surface area contributed by atoms with Gasteiger partial charge in [0.25, 0.3) is 0 Å². The fraction of sp³-hybridized carbons (Fsp3) is 0.500. The van der Waals surface area contributed by atoms with Crippen molar-refractivity contribution in [2.24, 2.45) is 5.84 Å². The number of thioether (sulfide) groups is 1. The zero-order valence-electron chi connectivity index (χ0n) is 11.8. The third-order valence-corrected chi connectivity index (χ3v) is 5.17. The molecule has 21 heavy (non-hydrogen) atoms. The number of aromatic nitrogens is 5. The van der Waals surface area contributed by atoms with Gasteiger partial charge in [0, 0.05) is 23.7 Å². The molecule has 0 bridgehead atoms. The second-order valence-corrected chi connectivity index (χ2v) is 6.27. The van der Waals surface area contributed by atoms with Gasteiger partial charge in [0.15, 0.2) is 0 Å². The predicted octanol–water partition coefficient (Wildman–Crippen LogP) is 1.04. The van der Waals surface area contributed by atoms with Crippen molar-refractivity contribution in [1.29, 1.82) is 0 Å². The summed E-state index contributed by atoms with van der Waals surface area (Å²) in [6.45, 7) is 0.839. The molecule has 0 aliphatic heterocycles. The molecule has 0 amide bonds. The van der Waals surface area contributed by atoms with E-state index in [2.05, 4.69) is 36.9 Å². The Morgan fingerprint density at radius 2 is 2.14 bits per heavy atom. The van der Waals surface area contributed by atoms with Crippen LogP contribution in [0, 0.1) is 0 Å². The van der Waals surface area contributed by atoms with E-state index < -0.39 is 0 Å². The van der Waals surface area contributed by atoms with Crippen LogP contribution in [-0.2, 0) is 0 Å². The van der Waals surface area contributed by atoms with Crippen molar-refractivity contribution in [3.05, 3.63) is 18.7 Å². The van der Waals surface area contributed by atoms with Gasteiger partial charge in [0.2, 0.25) is 17.8 Å². The van der Waals surface area contributed by atoms with Crippen molar-refractivity contribution < 1.29 is 0 Å². The summed E-state index contributed by atoms with van der Waals surface area (Å²) in [5.41, 5.74) is 2.47. The van der Waals surface area contributed by atoms with E-state index in [4.69, 9.17) is 5.84 Å². The Bertz CT molecular complexity index is 590. The number of hydrogen-bond acceptors (Lipinski definition) is 8. The van der Waals surface area contributed by atoms with Crippen LogP contribution in [0.25, 0.3) is 5.95 Å². The third-order valence-electron chi connectivity index (χ3n) is 3.75. The molecule has 112 valence electrons. The number of nitrogen functional groups attached to an aromatic ring is 1. The minimum Gasteiger partial charge on any atom is -0.353 e. The number of hydrogen-bond donors (Lipinski definition) is 3. The molecule has 8 nitrogen and oxygen atoms in total. The second kappa shape index (κ2) is 5.86. The number of nitrogens with two attached hydrogens (primary N) is 1. The average molecular weight is 306 g/mol. The predicted molar refractivity (Wildman–Crippen MR) is 83.3 cm³/mol. The van der Waals surface area contributed by atoms with Crippen LogP contribution in [0.15, 0.2) is 18.7 Å². The van der Waals surface area contributed by atoms with Crippen LogP contribution >= 0.6 is 11.8 Å². The van der Waals surface area contributed by atoms with E-state index in [0.717, 1.165) is 6.54 Å². The monoisotopic (exact) mass is 306 g/mol. The van der Waals surface area contributed by atoms with Gasteiger partial charge in [-0.15, -0.1) is 0 Å². The summed E-state index contributed by atoms with van der Waals surface area (Å²) < 4.78 is 2.01. The highest BCUT2D eigenvalue weighted by atomic mass is 32.2. The first kappa shape index (κ1) is 14.1. The molecule has 1 saturated carbocycles. The lowest BCUT2D eigenvalue weighted by molar-refractivity contribution is 0.379. The summed E-state index contributed by atoms with van der Waals surface area (Å²) in [6.07, 6.45) is 11.0. The van der Waals surface area contributed by atoms with Crippen molar-refractivity contribution in [3.8, 4) is 5.95 Å². The standard InChI is InChI=1S/C12H18N8S/c1-21-12(3-2-4-12)7-15-9-16-10(19-13)18-11(17-9)20-6-5-14-8-20/h5-6,8H,2-4,7,13H2,1H3,(H2,15,16,17,18,19). The molecule has 3 rings (SSSR count). The smallest absolute Gasteiger partial charge is 0.243 e. The highest BCUT2D eigenvalue weighted by Crippen LogP contribution is 2.42. The number of rotatable bonds is 6. The first-order valence-corrected chi connectivity index (χ1v) is 7.97. The lowest BCUT2D eigenvalue weighted by Crippen LogP contribution is -2.40. The molecule has 4 N–H and O–H groups in total. The number of hydrazine groups is 1. The minimum absolute atomic E-state index is 0.304. The fourth-order valence-corrected chi connectivity index (χ4v) is 3.18. The van der Waals surface area contributed by atoms with E-state index in [0.29, 0.717) is 22.6 Å². The van der Waals surface area contributed by atoms with Crippen LogP contribution in [0.4, 0.5) is 11.9 Å². The molecule has 0 saturated heterocycles. The Hall–Kier alpha value is -1.87. The van der Waals surface area contributed by atoms with E-state index in [9.17, 15) is 0 Å². The number of imidazole rings is 1. The van der Waals surface area contributed by atoms with Crippen LogP contribution in [0.2, 0.25) is 0 Å². The van der Waals surface area contributed by atoms with Gasteiger partial charge in [-0.05, 0) is 19.1 Å². The molecular formula is C12H18N8S. The molecule has 0 aromatic carbocycles. The number of anilines is 2. The first-order valence-electron chi connectivity index (χ1n) is 6.75. The molecule has 1 aliphatic carbocycles. The molecular weight excluding hydrogens is 288 g/mol. The lowest BCUT2D eigenvalue weighted by Gasteiger charge is -2.40. The van der Waals surface area contributed by atoms with Crippen molar-refractivity contribution in [2.45, 2.75) is 24.0 Å². The lowest BCUT2D eigenvalue weighted by atomic mass is 9.84. The van der Waals surface area contributed by atoms with E-state index in [-0.39, 0.29) is 0 Å². The van der Waals surface area contributed by atoms with E-state index >= 15 is 0 Å². The van der Waals surface area contributed by atoms with Crippen molar-refractivity contribution in [3.63, 3.8) is 0 Å². The maximum atomic E-state index is 5.43. The highest BCUT2D eigenvalue weighted by molar-refractivity contribution is 8.00. The highest BCUT2D eigenvalue weighted by Gasteiger charge is 2.36. The van der Waals surface area contributed by atoms with Crippen LogP contribution in [0.3, 0.4) is 0 Å². The van der Waals surface area contributed by atoms with Crippen LogP contribution in [0.1, 0.15) is 19.3 Å². The normalized spacial score (nSPS) is 16.3. The van der Waals surface area contributed by atoms with E-state index in [1.54, 1.807) is 23.3 Å². The number of nitrogens with zero attached hydrogens (tertiary/aromatic N) is 5. The van der Waals surface area contributed by atoms with Crippen LogP contribution in [-0.4, -0.2) is 42.1 Å². The number of nitrogens with one attached hydrogen (secondary N) is 2. The molecule has 1 fully saturated rings. The molecule has 0 unspecified atom stereocenters. The summed E-state index contributed by atoms with van der Waals surface area (Å²) in [6, 6.07) is 0.